The molecule has 0 saturated heterocycles. The van der Waals surface area contributed by atoms with Gasteiger partial charge < -0.3 is 10.4 Å². The Morgan fingerprint density at radius 2 is 2.13 bits per heavy atom. The van der Waals surface area contributed by atoms with Gasteiger partial charge in [0.25, 0.3) is 0 Å². The third-order valence-electron chi connectivity index (χ3n) is 2.30. The Balaban J connectivity index is 2.63. The number of anilines is 1. The maximum Gasteiger partial charge on any atom is 0.134 e. The van der Waals surface area contributed by atoms with Crippen molar-refractivity contribution in [2.45, 2.75) is 13.5 Å². The molecule has 0 unspecified atom stereocenters. The Kier molecular flexibility index (Phi) is 2.83. The lowest BCUT2D eigenvalue weighted by molar-refractivity contribution is 0.277. The Morgan fingerprint density at radius 1 is 1.33 bits per heavy atom. The van der Waals surface area contributed by atoms with E-state index in [4.69, 9.17) is 5.11 Å². The first-order chi connectivity index (χ1) is 7.35. The molecule has 0 bridgehead atoms. The average molecular weight is 202 g/mol. The molecule has 3 nitrogen and oxygen atoms in total. The quantitative estimate of drug-likeness (QED) is 0.801. The third kappa shape index (κ3) is 1.92. The van der Waals surface area contributed by atoms with Crippen molar-refractivity contribution in [1.29, 1.82) is 0 Å². The lowest BCUT2D eigenvalue weighted by atomic mass is 10.1. The van der Waals surface area contributed by atoms with Gasteiger partial charge >= 0.3 is 0 Å². The summed E-state index contributed by atoms with van der Waals surface area (Å²) in [5.74, 6) is 0.847. The summed E-state index contributed by atoms with van der Waals surface area (Å²) in [4.78, 5) is 4.35. The molecule has 0 aliphatic heterocycles. The molecule has 0 saturated carbocycles. The second-order valence-electron chi connectivity index (χ2n) is 3.37. The number of pyridine rings is 1. The summed E-state index contributed by atoms with van der Waals surface area (Å²) in [6, 6.07) is 9.94. The van der Waals surface area contributed by atoms with Crippen LogP contribution in [0.2, 0.25) is 0 Å². The van der Waals surface area contributed by atoms with Gasteiger partial charge in [0.1, 0.15) is 5.82 Å². The van der Waals surface area contributed by atoms with E-state index >= 15 is 0 Å². The van der Waals surface area contributed by atoms with Crippen molar-refractivity contribution >= 4 is 16.6 Å². The lowest BCUT2D eigenvalue weighted by Crippen LogP contribution is -2.02. The van der Waals surface area contributed by atoms with Gasteiger partial charge in [0.05, 0.1) is 12.3 Å². The van der Waals surface area contributed by atoms with Gasteiger partial charge in [-0.2, -0.15) is 0 Å². The first-order valence-electron chi connectivity index (χ1n) is 5.08. The van der Waals surface area contributed by atoms with Gasteiger partial charge in [-0.3, -0.25) is 0 Å². The number of aliphatic hydroxyl groups is 1. The zero-order chi connectivity index (χ0) is 10.7. The predicted molar refractivity (Wildman–Crippen MR) is 61.8 cm³/mol. The van der Waals surface area contributed by atoms with Gasteiger partial charge in [-0.05, 0) is 18.4 Å². The van der Waals surface area contributed by atoms with Crippen LogP contribution in [0.15, 0.2) is 30.3 Å². The van der Waals surface area contributed by atoms with Crippen molar-refractivity contribution in [3.63, 3.8) is 0 Å². The fourth-order valence-corrected chi connectivity index (χ4v) is 1.64. The van der Waals surface area contributed by atoms with Crippen LogP contribution in [0.1, 0.15) is 12.6 Å². The van der Waals surface area contributed by atoms with E-state index in [1.165, 1.54) is 0 Å². The topological polar surface area (TPSA) is 45.2 Å². The second-order valence-corrected chi connectivity index (χ2v) is 3.37. The van der Waals surface area contributed by atoms with E-state index in [-0.39, 0.29) is 6.61 Å². The highest BCUT2D eigenvalue weighted by atomic mass is 16.3. The molecule has 1 aromatic carbocycles. The normalized spacial score (nSPS) is 10.5. The van der Waals surface area contributed by atoms with E-state index in [0.717, 1.165) is 23.1 Å². The van der Waals surface area contributed by atoms with E-state index in [9.17, 15) is 0 Å². The molecule has 0 aliphatic carbocycles. The van der Waals surface area contributed by atoms with Crippen LogP contribution in [0.25, 0.3) is 10.8 Å². The van der Waals surface area contributed by atoms with Gasteiger partial charge in [-0.15, -0.1) is 0 Å². The van der Waals surface area contributed by atoms with E-state index in [1.807, 2.05) is 37.3 Å². The number of hydrogen-bond donors (Lipinski definition) is 2. The molecule has 2 N–H and O–H groups in total. The van der Waals surface area contributed by atoms with E-state index in [0.29, 0.717) is 5.69 Å². The SMILES string of the molecule is CCNc1nc(CO)cc2ccccc12. The zero-order valence-electron chi connectivity index (χ0n) is 8.70. The summed E-state index contributed by atoms with van der Waals surface area (Å²) < 4.78 is 0. The van der Waals surface area contributed by atoms with Crippen molar-refractivity contribution in [3.8, 4) is 0 Å². The number of rotatable bonds is 3. The highest BCUT2D eigenvalue weighted by Crippen LogP contribution is 2.22. The number of nitrogens with one attached hydrogen (secondary N) is 1. The molecular formula is C12H14N2O. The predicted octanol–water partition coefficient (Wildman–Crippen LogP) is 2.16. The van der Waals surface area contributed by atoms with Gasteiger partial charge in [0.2, 0.25) is 0 Å². The smallest absolute Gasteiger partial charge is 0.134 e. The third-order valence-corrected chi connectivity index (χ3v) is 2.30. The standard InChI is InChI=1S/C12H14N2O/c1-2-13-12-11-6-4-3-5-9(11)7-10(8-15)14-12/h3-7,15H,2,8H2,1H3,(H,13,14). The maximum absolute atomic E-state index is 9.10. The van der Waals surface area contributed by atoms with E-state index in [2.05, 4.69) is 10.3 Å². The Labute approximate surface area is 88.8 Å². The number of benzene rings is 1. The minimum absolute atomic E-state index is 0.0246. The molecule has 1 aromatic heterocycles. The van der Waals surface area contributed by atoms with E-state index < -0.39 is 0 Å². The fourth-order valence-electron chi connectivity index (χ4n) is 1.64. The van der Waals surface area contributed by atoms with Crippen molar-refractivity contribution in [2.75, 3.05) is 11.9 Å². The molecule has 0 fully saturated rings. The molecule has 0 amide bonds. The molecule has 0 aliphatic rings. The number of aromatic nitrogens is 1. The molecule has 2 rings (SSSR count). The number of nitrogens with zero attached hydrogens (tertiary/aromatic N) is 1. The van der Waals surface area contributed by atoms with Crippen molar-refractivity contribution in [1.82, 2.24) is 4.98 Å². The highest BCUT2D eigenvalue weighted by Gasteiger charge is 2.03. The summed E-state index contributed by atoms with van der Waals surface area (Å²) in [5, 5.41) is 14.5. The largest absolute Gasteiger partial charge is 0.390 e. The maximum atomic E-state index is 9.10. The summed E-state index contributed by atoms with van der Waals surface area (Å²) in [7, 11) is 0. The molecule has 78 valence electrons. The molecule has 0 atom stereocenters. The zero-order valence-corrected chi connectivity index (χ0v) is 8.70. The van der Waals surface area contributed by atoms with Gasteiger partial charge in [-0.25, -0.2) is 4.98 Å². The summed E-state index contributed by atoms with van der Waals surface area (Å²) >= 11 is 0. The minimum atomic E-state index is -0.0246. The molecule has 0 spiro atoms. The Morgan fingerprint density at radius 3 is 2.87 bits per heavy atom. The van der Waals surface area contributed by atoms with Gasteiger partial charge in [-0.1, -0.05) is 24.3 Å². The average Bonchev–Trinajstić information content (AvgIpc) is 2.29. The Hall–Kier alpha value is -1.61. The molecular weight excluding hydrogens is 188 g/mol. The monoisotopic (exact) mass is 202 g/mol. The van der Waals surface area contributed by atoms with Crippen LogP contribution in [0.5, 0.6) is 0 Å². The molecule has 3 heteroatoms. The first-order valence-corrected chi connectivity index (χ1v) is 5.08. The van der Waals surface area contributed by atoms with Gasteiger partial charge in [0.15, 0.2) is 0 Å². The summed E-state index contributed by atoms with van der Waals surface area (Å²) in [5.41, 5.74) is 0.699. The highest BCUT2D eigenvalue weighted by molar-refractivity contribution is 5.92. The minimum Gasteiger partial charge on any atom is -0.390 e. The van der Waals surface area contributed by atoms with Crippen molar-refractivity contribution in [3.05, 3.63) is 36.0 Å². The fraction of sp³-hybridized carbons (Fsp3) is 0.250. The number of hydrogen-bond acceptors (Lipinski definition) is 3. The lowest BCUT2D eigenvalue weighted by Gasteiger charge is -2.08. The molecule has 15 heavy (non-hydrogen) atoms. The van der Waals surface area contributed by atoms with Crippen LogP contribution < -0.4 is 5.32 Å². The molecule has 1 heterocycles. The number of aliphatic hydroxyl groups excluding tert-OH is 1. The van der Waals surface area contributed by atoms with Gasteiger partial charge in [0, 0.05) is 11.9 Å². The first kappa shape index (κ1) is 9.93. The Bertz CT molecular complexity index is 468. The van der Waals surface area contributed by atoms with Crippen molar-refractivity contribution in [2.24, 2.45) is 0 Å². The molecule has 2 aromatic rings. The summed E-state index contributed by atoms with van der Waals surface area (Å²) in [6.45, 7) is 2.83. The summed E-state index contributed by atoms with van der Waals surface area (Å²) in [6.07, 6.45) is 0. The van der Waals surface area contributed by atoms with Crippen LogP contribution in [0, 0.1) is 0 Å². The van der Waals surface area contributed by atoms with Crippen LogP contribution in [-0.2, 0) is 6.61 Å². The van der Waals surface area contributed by atoms with Crippen molar-refractivity contribution < 1.29 is 5.11 Å². The van der Waals surface area contributed by atoms with Crippen LogP contribution >= 0.6 is 0 Å². The van der Waals surface area contributed by atoms with E-state index in [1.54, 1.807) is 0 Å². The van der Waals surface area contributed by atoms with Crippen LogP contribution in [0.4, 0.5) is 5.82 Å². The number of fused-ring (bicyclic) bond motifs is 1. The molecule has 0 radical (unpaired) electrons. The van der Waals surface area contributed by atoms with Crippen LogP contribution in [-0.4, -0.2) is 16.6 Å². The second kappa shape index (κ2) is 4.28. The van der Waals surface area contributed by atoms with Crippen LogP contribution in [0.3, 0.4) is 0 Å².